The molecule has 0 saturated heterocycles. The minimum absolute atomic E-state index is 0.455. The van der Waals surface area contributed by atoms with E-state index in [0.29, 0.717) is 24.7 Å². The van der Waals surface area contributed by atoms with Gasteiger partial charge in [0.2, 0.25) is 5.89 Å². The standard InChI is InChI=1S/C10H12N4O/c1-7-3-2-6-12-9(7)10-14-13-8(15-10)4-5-11/h2-3,6H,4-5,11H2,1H3. The van der Waals surface area contributed by atoms with E-state index in [4.69, 9.17) is 10.2 Å². The molecule has 0 bridgehead atoms. The van der Waals surface area contributed by atoms with Crippen LogP contribution in [0.3, 0.4) is 0 Å². The van der Waals surface area contributed by atoms with Crippen molar-refractivity contribution in [2.75, 3.05) is 6.54 Å². The fourth-order valence-corrected chi connectivity index (χ4v) is 1.28. The van der Waals surface area contributed by atoms with E-state index in [1.54, 1.807) is 6.20 Å². The zero-order valence-corrected chi connectivity index (χ0v) is 8.47. The molecular weight excluding hydrogens is 192 g/mol. The van der Waals surface area contributed by atoms with Crippen molar-refractivity contribution in [1.82, 2.24) is 15.2 Å². The summed E-state index contributed by atoms with van der Waals surface area (Å²) in [6.07, 6.45) is 2.30. The zero-order valence-electron chi connectivity index (χ0n) is 8.47. The van der Waals surface area contributed by atoms with Gasteiger partial charge in [-0.05, 0) is 18.6 Å². The van der Waals surface area contributed by atoms with Crippen LogP contribution in [-0.4, -0.2) is 21.7 Å². The molecule has 2 N–H and O–H groups in total. The molecule has 0 aliphatic carbocycles. The smallest absolute Gasteiger partial charge is 0.266 e. The molecule has 2 rings (SSSR count). The number of nitrogens with two attached hydrogens (primary N) is 1. The Labute approximate surface area is 87.3 Å². The summed E-state index contributed by atoms with van der Waals surface area (Å²) < 4.78 is 5.43. The van der Waals surface area contributed by atoms with E-state index in [2.05, 4.69) is 15.2 Å². The summed E-state index contributed by atoms with van der Waals surface area (Å²) in [5.74, 6) is 1.01. The lowest BCUT2D eigenvalue weighted by atomic mass is 10.2. The molecule has 0 amide bonds. The Morgan fingerprint density at radius 1 is 1.40 bits per heavy atom. The van der Waals surface area contributed by atoms with Crippen LogP contribution in [0.15, 0.2) is 22.7 Å². The largest absolute Gasteiger partial charge is 0.419 e. The van der Waals surface area contributed by atoms with Crippen molar-refractivity contribution in [1.29, 1.82) is 0 Å². The first-order chi connectivity index (χ1) is 7.31. The molecular formula is C10H12N4O. The van der Waals surface area contributed by atoms with Crippen molar-refractivity contribution in [3.8, 4) is 11.6 Å². The average Bonchev–Trinajstić information content (AvgIpc) is 2.68. The van der Waals surface area contributed by atoms with Crippen molar-refractivity contribution in [3.63, 3.8) is 0 Å². The maximum absolute atomic E-state index is 5.43. The first-order valence-electron chi connectivity index (χ1n) is 4.75. The van der Waals surface area contributed by atoms with E-state index in [1.807, 2.05) is 19.1 Å². The van der Waals surface area contributed by atoms with Gasteiger partial charge >= 0.3 is 0 Å². The van der Waals surface area contributed by atoms with E-state index in [9.17, 15) is 0 Å². The Balaban J connectivity index is 2.33. The van der Waals surface area contributed by atoms with Crippen molar-refractivity contribution < 1.29 is 4.42 Å². The van der Waals surface area contributed by atoms with E-state index in [1.165, 1.54) is 0 Å². The fraction of sp³-hybridized carbons (Fsp3) is 0.300. The second-order valence-corrected chi connectivity index (χ2v) is 3.21. The van der Waals surface area contributed by atoms with Gasteiger partial charge in [0, 0.05) is 19.2 Å². The third-order valence-electron chi connectivity index (χ3n) is 2.04. The van der Waals surface area contributed by atoms with Crippen LogP contribution in [0.1, 0.15) is 11.5 Å². The second kappa shape index (κ2) is 4.18. The van der Waals surface area contributed by atoms with Crippen LogP contribution in [0.4, 0.5) is 0 Å². The molecule has 5 heteroatoms. The van der Waals surface area contributed by atoms with Gasteiger partial charge in [0.25, 0.3) is 5.89 Å². The van der Waals surface area contributed by atoms with Crippen LogP contribution in [0.5, 0.6) is 0 Å². The Morgan fingerprint density at radius 2 is 2.27 bits per heavy atom. The highest BCUT2D eigenvalue weighted by Gasteiger charge is 2.10. The summed E-state index contributed by atoms with van der Waals surface area (Å²) in [4.78, 5) is 4.19. The molecule has 2 heterocycles. The summed E-state index contributed by atoms with van der Waals surface area (Å²) in [6.45, 7) is 2.46. The first kappa shape index (κ1) is 9.79. The molecule has 0 radical (unpaired) electrons. The summed E-state index contributed by atoms with van der Waals surface area (Å²) >= 11 is 0. The van der Waals surface area contributed by atoms with Crippen molar-refractivity contribution in [3.05, 3.63) is 29.8 Å². The summed E-state index contributed by atoms with van der Waals surface area (Å²) in [7, 11) is 0. The molecule has 2 aromatic heterocycles. The summed E-state index contributed by atoms with van der Waals surface area (Å²) in [6, 6.07) is 3.82. The summed E-state index contributed by atoms with van der Waals surface area (Å²) in [5, 5.41) is 7.82. The average molecular weight is 204 g/mol. The Bertz CT molecular complexity index is 452. The van der Waals surface area contributed by atoms with Crippen molar-refractivity contribution in [2.24, 2.45) is 5.73 Å². The third kappa shape index (κ3) is 2.02. The topological polar surface area (TPSA) is 77.8 Å². The minimum Gasteiger partial charge on any atom is -0.419 e. The lowest BCUT2D eigenvalue weighted by molar-refractivity contribution is 0.505. The molecule has 0 fully saturated rings. The van der Waals surface area contributed by atoms with Crippen molar-refractivity contribution >= 4 is 0 Å². The molecule has 2 aromatic rings. The van der Waals surface area contributed by atoms with Gasteiger partial charge in [0.05, 0.1) is 0 Å². The molecule has 0 aromatic carbocycles. The lowest BCUT2D eigenvalue weighted by Gasteiger charge is -1.97. The molecule has 0 aliphatic heterocycles. The first-order valence-corrected chi connectivity index (χ1v) is 4.75. The van der Waals surface area contributed by atoms with Gasteiger partial charge in [-0.1, -0.05) is 6.07 Å². The normalized spacial score (nSPS) is 10.5. The van der Waals surface area contributed by atoms with Crippen LogP contribution in [0, 0.1) is 6.92 Å². The number of aromatic nitrogens is 3. The van der Waals surface area contributed by atoms with Crippen LogP contribution in [-0.2, 0) is 6.42 Å². The number of nitrogens with zero attached hydrogens (tertiary/aromatic N) is 3. The van der Waals surface area contributed by atoms with Gasteiger partial charge in [-0.3, -0.25) is 4.98 Å². The van der Waals surface area contributed by atoms with E-state index < -0.39 is 0 Å². The van der Waals surface area contributed by atoms with Gasteiger partial charge in [-0.2, -0.15) is 0 Å². The molecule has 5 nitrogen and oxygen atoms in total. The highest BCUT2D eigenvalue weighted by molar-refractivity contribution is 5.51. The van der Waals surface area contributed by atoms with Crippen LogP contribution in [0.2, 0.25) is 0 Å². The summed E-state index contributed by atoms with van der Waals surface area (Å²) in [5.41, 5.74) is 7.14. The maximum Gasteiger partial charge on any atom is 0.266 e. The highest BCUT2D eigenvalue weighted by Crippen LogP contribution is 2.18. The Hall–Kier alpha value is -1.75. The second-order valence-electron chi connectivity index (χ2n) is 3.21. The van der Waals surface area contributed by atoms with E-state index >= 15 is 0 Å². The van der Waals surface area contributed by atoms with Gasteiger partial charge in [-0.25, -0.2) is 0 Å². The third-order valence-corrected chi connectivity index (χ3v) is 2.04. The quantitative estimate of drug-likeness (QED) is 0.805. The number of aryl methyl sites for hydroxylation is 1. The van der Waals surface area contributed by atoms with Gasteiger partial charge in [-0.15, -0.1) is 10.2 Å². The SMILES string of the molecule is Cc1cccnc1-c1nnc(CCN)o1. The lowest BCUT2D eigenvalue weighted by Crippen LogP contribution is -2.02. The number of hydrogen-bond donors (Lipinski definition) is 1. The van der Waals surface area contributed by atoms with Crippen LogP contribution >= 0.6 is 0 Å². The van der Waals surface area contributed by atoms with E-state index in [-0.39, 0.29) is 0 Å². The molecule has 15 heavy (non-hydrogen) atoms. The molecule has 78 valence electrons. The van der Waals surface area contributed by atoms with Gasteiger partial charge in [0.15, 0.2) is 0 Å². The predicted molar refractivity (Wildman–Crippen MR) is 55.0 cm³/mol. The number of pyridine rings is 1. The van der Waals surface area contributed by atoms with E-state index in [0.717, 1.165) is 11.3 Å². The van der Waals surface area contributed by atoms with Crippen LogP contribution < -0.4 is 5.73 Å². The number of hydrogen-bond acceptors (Lipinski definition) is 5. The molecule has 0 spiro atoms. The highest BCUT2D eigenvalue weighted by atomic mass is 16.4. The Kier molecular flexibility index (Phi) is 2.73. The predicted octanol–water partition coefficient (Wildman–Crippen LogP) is 0.941. The van der Waals surface area contributed by atoms with Gasteiger partial charge < -0.3 is 10.2 Å². The minimum atomic E-state index is 0.455. The molecule has 0 saturated carbocycles. The van der Waals surface area contributed by atoms with Crippen LogP contribution in [0.25, 0.3) is 11.6 Å². The monoisotopic (exact) mass is 204 g/mol. The zero-order chi connectivity index (χ0) is 10.7. The molecule has 0 aliphatic rings. The maximum atomic E-state index is 5.43. The molecule has 0 unspecified atom stereocenters. The number of rotatable bonds is 3. The Morgan fingerprint density at radius 3 is 3.00 bits per heavy atom. The fourth-order valence-electron chi connectivity index (χ4n) is 1.28. The molecule has 0 atom stereocenters. The van der Waals surface area contributed by atoms with Gasteiger partial charge in [0.1, 0.15) is 5.69 Å². The van der Waals surface area contributed by atoms with Crippen molar-refractivity contribution in [2.45, 2.75) is 13.3 Å².